The molecule has 21 aromatic rings. The van der Waals surface area contributed by atoms with Gasteiger partial charge >= 0.3 is 0 Å². The van der Waals surface area contributed by atoms with Gasteiger partial charge in [-0.2, -0.15) is 0 Å². The predicted octanol–water partition coefficient (Wildman–Crippen LogP) is 27.3. The lowest BCUT2D eigenvalue weighted by molar-refractivity contribution is 0.665. The van der Waals surface area contributed by atoms with Gasteiger partial charge in [-0.1, -0.05) is 382 Å². The minimum atomic E-state index is -0.537. The molecule has 4 aromatic heterocycles. The van der Waals surface area contributed by atoms with Crippen molar-refractivity contribution in [2.75, 3.05) is 0 Å². The number of nitrogens with zero attached hydrogens (tertiary/aromatic N) is 6. The maximum atomic E-state index is 6.86. The van der Waals surface area contributed by atoms with Crippen molar-refractivity contribution in [1.29, 1.82) is 0 Å². The van der Waals surface area contributed by atoms with E-state index in [2.05, 4.69) is 352 Å². The van der Waals surface area contributed by atoms with Crippen LogP contribution in [0.5, 0.6) is 0 Å². The lowest BCUT2D eigenvalue weighted by Crippen LogP contribution is -2.28. The Hall–Kier alpha value is -15.6. The summed E-state index contributed by atoms with van der Waals surface area (Å²) in [5, 5.41) is 3.96. The molecule has 0 aliphatic heterocycles. The van der Waals surface area contributed by atoms with Crippen LogP contribution in [0.1, 0.15) is 44.5 Å². The van der Waals surface area contributed by atoms with Crippen molar-refractivity contribution >= 4 is 43.9 Å². The summed E-state index contributed by atoms with van der Waals surface area (Å²) in [4.78, 5) is 31.1. The molecule has 0 N–H and O–H groups in total. The maximum Gasteiger partial charge on any atom is 0.164 e. The van der Waals surface area contributed by atoms with E-state index in [0.29, 0.717) is 34.9 Å². The third-order valence-corrected chi connectivity index (χ3v) is 23.6. The zero-order chi connectivity index (χ0) is 78.1. The van der Waals surface area contributed by atoms with Gasteiger partial charge in [-0.15, -0.1) is 0 Å². The number of hydrogen-bond donors (Lipinski definition) is 0. The number of hydrogen-bond acceptors (Lipinski definition) is 8. The minimum absolute atomic E-state index is 0.521. The molecule has 118 heavy (non-hydrogen) atoms. The lowest BCUT2D eigenvalue weighted by Gasteiger charge is -2.33. The van der Waals surface area contributed by atoms with Crippen molar-refractivity contribution in [1.82, 2.24) is 29.9 Å². The highest BCUT2D eigenvalue weighted by atomic mass is 16.3. The Morgan fingerprint density at radius 2 is 0.415 bits per heavy atom. The Morgan fingerprint density at radius 1 is 0.161 bits per heavy atom. The molecule has 552 valence electrons. The first-order chi connectivity index (χ1) is 58.5. The highest BCUT2D eigenvalue weighted by Crippen LogP contribution is 2.59. The van der Waals surface area contributed by atoms with E-state index in [1.807, 2.05) is 72.8 Å². The Kier molecular flexibility index (Phi) is 16.9. The van der Waals surface area contributed by atoms with E-state index >= 15 is 0 Å². The van der Waals surface area contributed by atoms with Gasteiger partial charge < -0.3 is 8.83 Å². The molecule has 2 aliphatic rings. The fraction of sp³-hybridized carbons (Fsp3) is 0.0182. The van der Waals surface area contributed by atoms with Gasteiger partial charge in [0.2, 0.25) is 0 Å². The highest BCUT2D eigenvalue weighted by Gasteiger charge is 2.48. The molecule has 8 heteroatoms. The van der Waals surface area contributed by atoms with Crippen molar-refractivity contribution in [3.8, 4) is 124 Å². The van der Waals surface area contributed by atoms with Crippen LogP contribution in [-0.2, 0) is 10.8 Å². The van der Waals surface area contributed by atoms with E-state index in [0.717, 1.165) is 122 Å². The Balaban J connectivity index is 0.000000143. The summed E-state index contributed by atoms with van der Waals surface area (Å²) < 4.78 is 13.7. The fourth-order valence-electron chi connectivity index (χ4n) is 18.4. The van der Waals surface area contributed by atoms with E-state index < -0.39 is 10.8 Å². The lowest BCUT2D eigenvalue weighted by atomic mass is 9.67. The Morgan fingerprint density at radius 3 is 0.754 bits per heavy atom. The number of aromatic nitrogens is 6. The molecule has 0 unspecified atom stereocenters. The van der Waals surface area contributed by atoms with Crippen LogP contribution in [0.15, 0.2) is 433 Å². The van der Waals surface area contributed by atoms with Crippen LogP contribution in [-0.4, -0.2) is 29.9 Å². The zero-order valence-corrected chi connectivity index (χ0v) is 63.9. The van der Waals surface area contributed by atoms with Crippen LogP contribution < -0.4 is 0 Å². The van der Waals surface area contributed by atoms with Gasteiger partial charge in [0.1, 0.15) is 22.3 Å². The van der Waals surface area contributed by atoms with E-state index in [-0.39, 0.29) is 0 Å². The molecule has 0 fully saturated rings. The SMILES string of the molecule is c1ccc(-c2cccc(-c3nc(-c4cccc(-c5ccccc5)c4)nc(-c4cccc5oc6cc(C7(c8ccccc8)c8ccccc8-c8ccccc87)ccc6c45)n3)c2)cc1.c1ccc(-c2cccc(-c3nc(-c4ccccc4)nc(-c4cccc5oc6cc(C7(c8ccccc8)c8ccccc8-c8ccccc87)ccc6c45)n3)c2)cc1. The maximum absolute atomic E-state index is 6.86. The molecule has 0 saturated heterocycles. The van der Waals surface area contributed by atoms with Crippen LogP contribution in [0, 0.1) is 0 Å². The first-order valence-electron chi connectivity index (χ1n) is 40.0. The molecule has 0 spiro atoms. The van der Waals surface area contributed by atoms with Crippen LogP contribution in [0.2, 0.25) is 0 Å². The van der Waals surface area contributed by atoms with E-state index in [9.17, 15) is 0 Å². The fourth-order valence-corrected chi connectivity index (χ4v) is 18.4. The summed E-state index contributed by atoms with van der Waals surface area (Å²) in [6.07, 6.45) is 0. The molecule has 2 aliphatic carbocycles. The molecule has 17 aromatic carbocycles. The topological polar surface area (TPSA) is 104 Å². The van der Waals surface area contributed by atoms with E-state index in [1.54, 1.807) is 0 Å². The standard InChI is InChI=1S/C58H37N3O.C52H33N3O/c1-4-17-38(18-5-1)40-21-14-23-42(35-40)55-59-56(43-24-15-22-41(36-43)39-19-6-2-7-20-39)61-57(60-55)49-29-16-32-52-54(49)48-34-33-45(37-53(48)62-52)58(44-25-8-3-9-26-44)50-30-12-10-27-46(50)47-28-11-13-31-51(47)58;1-4-16-34(17-5-1)36-20-14-21-37(32-36)50-53-49(35-18-6-2-7-19-35)54-51(55-50)43-26-15-29-46-48(43)42-31-30-39(33-47(42)56-46)52(38-22-8-3-9-23-38)44-27-12-10-24-40(44)41-25-11-13-28-45(41)52/h1-37H;1-33H. The van der Waals surface area contributed by atoms with Crippen LogP contribution in [0.25, 0.3) is 168 Å². The normalized spacial score (nSPS) is 12.7. The second kappa shape index (κ2) is 28.8. The first-order valence-corrected chi connectivity index (χ1v) is 40.0. The summed E-state index contributed by atoms with van der Waals surface area (Å²) >= 11 is 0. The number of furan rings is 2. The van der Waals surface area contributed by atoms with Crippen molar-refractivity contribution in [3.63, 3.8) is 0 Å². The van der Waals surface area contributed by atoms with Crippen molar-refractivity contribution in [2.45, 2.75) is 10.8 Å². The smallest absolute Gasteiger partial charge is 0.164 e. The van der Waals surface area contributed by atoms with Crippen molar-refractivity contribution < 1.29 is 8.83 Å². The first kappa shape index (κ1) is 69.1. The largest absolute Gasteiger partial charge is 0.456 e. The molecular formula is C110H70N6O2. The number of benzene rings is 17. The molecule has 0 radical (unpaired) electrons. The predicted molar refractivity (Wildman–Crippen MR) is 478 cm³/mol. The molecule has 0 saturated carbocycles. The minimum Gasteiger partial charge on any atom is -0.456 e. The van der Waals surface area contributed by atoms with Crippen molar-refractivity contribution in [3.05, 3.63) is 469 Å². The van der Waals surface area contributed by atoms with Crippen LogP contribution in [0.3, 0.4) is 0 Å². The molecule has 4 heterocycles. The molecular weight excluding hydrogens is 1440 g/mol. The molecule has 23 rings (SSSR count). The highest BCUT2D eigenvalue weighted by molar-refractivity contribution is 6.13. The van der Waals surface area contributed by atoms with Crippen LogP contribution in [0.4, 0.5) is 0 Å². The molecule has 0 atom stereocenters. The quantitative estimate of drug-likeness (QED) is 0.112. The van der Waals surface area contributed by atoms with Crippen molar-refractivity contribution in [2.24, 2.45) is 0 Å². The van der Waals surface area contributed by atoms with Gasteiger partial charge in [-0.3, -0.25) is 0 Å². The van der Waals surface area contributed by atoms with Gasteiger partial charge in [0.25, 0.3) is 0 Å². The van der Waals surface area contributed by atoms with E-state index in [1.165, 1.54) is 55.6 Å². The van der Waals surface area contributed by atoms with Gasteiger partial charge in [-0.05, 0) is 143 Å². The summed E-state index contributed by atoms with van der Waals surface area (Å²) in [5.41, 5.74) is 29.1. The number of fused-ring (bicyclic) bond motifs is 12. The monoisotopic (exact) mass is 1510 g/mol. The second-order valence-corrected chi connectivity index (χ2v) is 30.2. The third kappa shape index (κ3) is 11.6. The summed E-state index contributed by atoms with van der Waals surface area (Å²) in [6.45, 7) is 0. The Labute approximate surface area is 682 Å². The average molecular weight is 1510 g/mol. The van der Waals surface area contributed by atoms with E-state index in [4.69, 9.17) is 38.7 Å². The molecule has 0 bridgehead atoms. The van der Waals surface area contributed by atoms with Gasteiger partial charge in [0.15, 0.2) is 34.9 Å². The summed E-state index contributed by atoms with van der Waals surface area (Å²) in [7, 11) is 0. The summed E-state index contributed by atoms with van der Waals surface area (Å²) in [6, 6.07) is 149. The second-order valence-electron chi connectivity index (χ2n) is 30.2. The molecule has 8 nitrogen and oxygen atoms in total. The molecule has 0 amide bonds. The van der Waals surface area contributed by atoms with Crippen LogP contribution >= 0.6 is 0 Å². The number of rotatable bonds is 13. The zero-order valence-electron chi connectivity index (χ0n) is 63.9. The van der Waals surface area contributed by atoms with Gasteiger partial charge in [0.05, 0.1) is 10.8 Å². The average Bonchev–Trinajstić information content (AvgIpc) is 1.54. The third-order valence-electron chi connectivity index (χ3n) is 23.6. The Bertz CT molecular complexity index is 7240. The summed E-state index contributed by atoms with van der Waals surface area (Å²) in [5.74, 6) is 3.60. The van der Waals surface area contributed by atoms with Gasteiger partial charge in [0, 0.05) is 54.9 Å². The van der Waals surface area contributed by atoms with Gasteiger partial charge in [-0.25, -0.2) is 29.9 Å².